The predicted octanol–water partition coefficient (Wildman–Crippen LogP) is 4.91. The third-order valence-electron chi connectivity index (χ3n) is 3.34. The molecule has 2 aromatic rings. The number of hydrogen-bond donors (Lipinski definition) is 1. The molecule has 1 unspecified atom stereocenters. The van der Waals surface area contributed by atoms with Crippen molar-refractivity contribution in [3.63, 3.8) is 0 Å². The highest BCUT2D eigenvalue weighted by atomic mass is 79.9. The molecular formula is C16H21Br2N3. The molecule has 0 saturated heterocycles. The van der Waals surface area contributed by atoms with Gasteiger partial charge < -0.3 is 5.32 Å². The van der Waals surface area contributed by atoms with Crippen LogP contribution in [0.15, 0.2) is 39.4 Å². The van der Waals surface area contributed by atoms with Crippen molar-refractivity contribution >= 4 is 31.9 Å². The van der Waals surface area contributed by atoms with Gasteiger partial charge in [0.1, 0.15) is 0 Å². The average Bonchev–Trinajstić information content (AvgIpc) is 2.83. The summed E-state index contributed by atoms with van der Waals surface area (Å²) < 4.78 is 4.26. The van der Waals surface area contributed by atoms with Gasteiger partial charge in [0.05, 0.1) is 22.4 Å². The molecule has 0 radical (unpaired) electrons. The van der Waals surface area contributed by atoms with Crippen LogP contribution in [-0.2, 0) is 6.54 Å². The van der Waals surface area contributed by atoms with E-state index in [1.807, 2.05) is 6.20 Å². The number of hydrogen-bond acceptors (Lipinski definition) is 2. The van der Waals surface area contributed by atoms with Gasteiger partial charge in [-0.25, -0.2) is 0 Å². The average molecular weight is 415 g/mol. The highest BCUT2D eigenvalue weighted by Gasteiger charge is 2.21. The Hall–Kier alpha value is -0.650. The second kappa shape index (κ2) is 8.11. The second-order valence-corrected chi connectivity index (χ2v) is 6.81. The molecule has 0 spiro atoms. The van der Waals surface area contributed by atoms with E-state index in [-0.39, 0.29) is 6.04 Å². The maximum Gasteiger partial charge on any atom is 0.0759 e. The molecule has 1 aromatic heterocycles. The van der Waals surface area contributed by atoms with E-state index in [1.54, 1.807) is 0 Å². The van der Waals surface area contributed by atoms with E-state index in [0.29, 0.717) is 0 Å². The Morgan fingerprint density at radius 2 is 1.86 bits per heavy atom. The van der Waals surface area contributed by atoms with E-state index in [4.69, 9.17) is 0 Å². The molecular weight excluding hydrogens is 394 g/mol. The van der Waals surface area contributed by atoms with Gasteiger partial charge in [0.15, 0.2) is 0 Å². The molecule has 0 aliphatic heterocycles. The predicted molar refractivity (Wildman–Crippen MR) is 94.5 cm³/mol. The van der Waals surface area contributed by atoms with Crippen LogP contribution in [0, 0.1) is 0 Å². The van der Waals surface area contributed by atoms with Crippen molar-refractivity contribution in [3.8, 4) is 0 Å². The lowest BCUT2D eigenvalue weighted by atomic mass is 10.0. The quantitative estimate of drug-likeness (QED) is 0.697. The maximum absolute atomic E-state index is 4.50. The monoisotopic (exact) mass is 413 g/mol. The van der Waals surface area contributed by atoms with Gasteiger partial charge >= 0.3 is 0 Å². The first-order valence-corrected chi connectivity index (χ1v) is 8.96. The number of benzene rings is 1. The van der Waals surface area contributed by atoms with E-state index in [0.717, 1.165) is 34.9 Å². The molecule has 0 saturated carbocycles. The normalized spacial score (nSPS) is 12.6. The molecule has 1 aromatic carbocycles. The highest BCUT2D eigenvalue weighted by Crippen LogP contribution is 2.29. The van der Waals surface area contributed by atoms with Gasteiger partial charge in [0, 0.05) is 11.0 Å². The number of rotatable bonds is 7. The van der Waals surface area contributed by atoms with E-state index < -0.39 is 0 Å². The molecule has 0 fully saturated rings. The maximum atomic E-state index is 4.50. The minimum atomic E-state index is 0.154. The molecule has 1 N–H and O–H groups in total. The Bertz CT molecular complexity index is 563. The summed E-state index contributed by atoms with van der Waals surface area (Å²) in [5, 5.41) is 8.14. The van der Waals surface area contributed by atoms with E-state index in [9.17, 15) is 0 Å². The third kappa shape index (κ3) is 4.18. The Morgan fingerprint density at radius 1 is 1.14 bits per heavy atom. The molecule has 5 heteroatoms. The van der Waals surface area contributed by atoms with Crippen molar-refractivity contribution < 1.29 is 0 Å². The van der Waals surface area contributed by atoms with E-state index in [1.165, 1.54) is 11.3 Å². The summed E-state index contributed by atoms with van der Waals surface area (Å²) >= 11 is 7.16. The first-order valence-electron chi connectivity index (χ1n) is 7.37. The molecule has 3 nitrogen and oxygen atoms in total. The molecule has 114 valence electrons. The van der Waals surface area contributed by atoms with Crippen LogP contribution in [0.3, 0.4) is 0 Å². The summed E-state index contributed by atoms with van der Waals surface area (Å²) in [7, 11) is 0. The van der Waals surface area contributed by atoms with E-state index in [2.05, 4.69) is 85.1 Å². The van der Waals surface area contributed by atoms with Gasteiger partial charge in [-0.1, -0.05) is 41.9 Å². The van der Waals surface area contributed by atoms with Crippen molar-refractivity contribution in [2.75, 3.05) is 6.54 Å². The van der Waals surface area contributed by atoms with Crippen molar-refractivity contribution in [1.82, 2.24) is 15.1 Å². The van der Waals surface area contributed by atoms with Gasteiger partial charge in [0.25, 0.3) is 0 Å². The van der Waals surface area contributed by atoms with Crippen LogP contribution in [0.5, 0.6) is 0 Å². The van der Waals surface area contributed by atoms with Crippen molar-refractivity contribution in [2.24, 2.45) is 0 Å². The summed E-state index contributed by atoms with van der Waals surface area (Å²) in [6.45, 7) is 6.27. The smallest absolute Gasteiger partial charge is 0.0759 e. The molecule has 0 bridgehead atoms. The minimum absolute atomic E-state index is 0.154. The number of aromatic nitrogens is 2. The first-order chi connectivity index (χ1) is 10.2. The fraction of sp³-hybridized carbons (Fsp3) is 0.438. The van der Waals surface area contributed by atoms with Crippen LogP contribution < -0.4 is 5.32 Å². The Labute approximate surface area is 143 Å². The fourth-order valence-corrected chi connectivity index (χ4v) is 3.15. The van der Waals surface area contributed by atoms with E-state index >= 15 is 0 Å². The van der Waals surface area contributed by atoms with Crippen molar-refractivity contribution in [3.05, 3.63) is 50.7 Å². The third-order valence-corrected chi connectivity index (χ3v) is 4.48. The zero-order valence-corrected chi connectivity index (χ0v) is 15.6. The lowest BCUT2D eigenvalue weighted by molar-refractivity contribution is 0.510. The number of aryl methyl sites for hydroxylation is 1. The number of halogens is 2. The standard InChI is InChI=1S/C16H21Br2N3/c1-3-9-19-15(12-5-7-13(17)8-6-12)16-14(18)11-20-21(16)10-4-2/h5-8,11,15,19H,3-4,9-10H2,1-2H3. The summed E-state index contributed by atoms with van der Waals surface area (Å²) in [6, 6.07) is 8.65. The lowest BCUT2D eigenvalue weighted by Crippen LogP contribution is -2.26. The molecule has 0 aliphatic carbocycles. The molecule has 1 heterocycles. The SMILES string of the molecule is CCCNC(c1ccc(Br)cc1)c1c(Br)cnn1CCC. The van der Waals surface area contributed by atoms with Crippen LogP contribution in [0.25, 0.3) is 0 Å². The summed E-state index contributed by atoms with van der Waals surface area (Å²) in [5.41, 5.74) is 2.46. The van der Waals surface area contributed by atoms with Crippen LogP contribution >= 0.6 is 31.9 Å². The van der Waals surface area contributed by atoms with Gasteiger partial charge in [-0.05, 0) is 53.0 Å². The zero-order valence-electron chi connectivity index (χ0n) is 12.4. The van der Waals surface area contributed by atoms with Crippen molar-refractivity contribution in [1.29, 1.82) is 0 Å². The molecule has 0 amide bonds. The van der Waals surface area contributed by atoms with Crippen molar-refractivity contribution in [2.45, 2.75) is 39.3 Å². The summed E-state index contributed by atoms with van der Waals surface area (Å²) in [5.74, 6) is 0. The van der Waals surface area contributed by atoms with Crippen LogP contribution in [0.4, 0.5) is 0 Å². The van der Waals surface area contributed by atoms with Gasteiger partial charge in [-0.15, -0.1) is 0 Å². The Morgan fingerprint density at radius 3 is 2.48 bits per heavy atom. The summed E-state index contributed by atoms with van der Waals surface area (Å²) in [6.07, 6.45) is 4.07. The Balaban J connectivity index is 2.40. The first kappa shape index (κ1) is 16.7. The van der Waals surface area contributed by atoms with Crippen LogP contribution in [0.2, 0.25) is 0 Å². The highest BCUT2D eigenvalue weighted by molar-refractivity contribution is 9.10. The van der Waals surface area contributed by atoms with Crippen LogP contribution in [0.1, 0.15) is 44.0 Å². The lowest BCUT2D eigenvalue weighted by Gasteiger charge is -2.21. The molecule has 2 rings (SSSR count). The number of nitrogens with one attached hydrogen (secondary N) is 1. The van der Waals surface area contributed by atoms with Crippen LogP contribution in [-0.4, -0.2) is 16.3 Å². The second-order valence-electron chi connectivity index (χ2n) is 5.04. The molecule has 1 atom stereocenters. The summed E-state index contributed by atoms with van der Waals surface area (Å²) in [4.78, 5) is 0. The van der Waals surface area contributed by atoms with Gasteiger partial charge in [-0.2, -0.15) is 5.10 Å². The molecule has 0 aliphatic rings. The van der Waals surface area contributed by atoms with Gasteiger partial charge in [-0.3, -0.25) is 4.68 Å². The minimum Gasteiger partial charge on any atom is -0.305 e. The molecule has 21 heavy (non-hydrogen) atoms. The topological polar surface area (TPSA) is 29.9 Å². The number of nitrogens with zero attached hydrogens (tertiary/aromatic N) is 2. The largest absolute Gasteiger partial charge is 0.305 e. The Kier molecular flexibility index (Phi) is 6.45. The van der Waals surface area contributed by atoms with Gasteiger partial charge in [0.2, 0.25) is 0 Å². The fourth-order valence-electron chi connectivity index (χ4n) is 2.37. The zero-order chi connectivity index (χ0) is 15.2.